The Balaban J connectivity index is 0.000000120. The molecular weight excluding hydrogens is 154 g/mol. The topological polar surface area (TPSA) is 47.0 Å². The number of rotatable bonds is 0. The summed E-state index contributed by atoms with van der Waals surface area (Å²) < 4.78 is 0. The molecule has 2 rings (SSSR count). The van der Waals surface area contributed by atoms with Crippen LogP contribution in [0.15, 0.2) is 24.5 Å². The molecule has 1 aliphatic heterocycles. The van der Waals surface area contributed by atoms with Gasteiger partial charge in [0, 0.05) is 18.9 Å². The van der Waals surface area contributed by atoms with Crippen molar-refractivity contribution >= 4 is 0 Å². The van der Waals surface area contributed by atoms with E-state index in [1.165, 1.54) is 12.8 Å². The lowest BCUT2D eigenvalue weighted by molar-refractivity contribution is 0.0128. The van der Waals surface area contributed by atoms with Crippen molar-refractivity contribution in [1.29, 1.82) is 0 Å². The molecule has 0 amide bonds. The van der Waals surface area contributed by atoms with Crippen LogP contribution in [0.4, 0.5) is 0 Å². The van der Waals surface area contributed by atoms with Crippen molar-refractivity contribution in [1.82, 2.24) is 15.7 Å². The van der Waals surface area contributed by atoms with Gasteiger partial charge in [-0.2, -0.15) is 10.2 Å². The van der Waals surface area contributed by atoms with E-state index in [4.69, 9.17) is 4.84 Å². The number of nitrogens with one attached hydrogen (secondary N) is 1. The fourth-order valence-electron chi connectivity index (χ4n) is 0.769. The number of hydrogen-bond donors (Lipinski definition) is 1. The molecule has 12 heavy (non-hydrogen) atoms. The van der Waals surface area contributed by atoms with E-state index in [1.807, 2.05) is 12.1 Å². The Bertz CT molecular complexity index is 139. The fourth-order valence-corrected chi connectivity index (χ4v) is 0.769. The zero-order valence-electron chi connectivity index (χ0n) is 6.94. The zero-order valence-corrected chi connectivity index (χ0v) is 6.94. The van der Waals surface area contributed by atoms with Crippen molar-refractivity contribution in [2.75, 3.05) is 13.2 Å². The first-order valence-electron chi connectivity index (χ1n) is 4.06. The van der Waals surface area contributed by atoms with Gasteiger partial charge in [-0.25, -0.2) is 5.48 Å². The summed E-state index contributed by atoms with van der Waals surface area (Å²) >= 11 is 0. The highest BCUT2D eigenvalue weighted by Gasteiger charge is 1.93. The largest absolute Gasteiger partial charge is 0.302 e. The second-order valence-corrected chi connectivity index (χ2v) is 2.36. The Morgan fingerprint density at radius 1 is 1.08 bits per heavy atom. The van der Waals surface area contributed by atoms with Crippen LogP contribution < -0.4 is 5.48 Å². The fraction of sp³-hybridized carbons (Fsp3) is 0.500. The Labute approximate surface area is 71.9 Å². The standard InChI is InChI=1S/C4H4N2.C4H9NO/c2*1-2-4-6-5-3-1/h1-4H;5H,1-4H2. The highest BCUT2D eigenvalue weighted by Crippen LogP contribution is 1.91. The zero-order chi connectivity index (χ0) is 8.49. The third-order valence-corrected chi connectivity index (χ3v) is 1.36. The maximum atomic E-state index is 4.82. The molecule has 0 aromatic carbocycles. The molecule has 1 aliphatic rings. The number of nitrogens with zero attached hydrogens (tertiary/aromatic N) is 2. The van der Waals surface area contributed by atoms with Gasteiger partial charge in [0.25, 0.3) is 0 Å². The Morgan fingerprint density at radius 2 is 1.83 bits per heavy atom. The molecule has 4 nitrogen and oxygen atoms in total. The summed E-state index contributed by atoms with van der Waals surface area (Å²) in [6.45, 7) is 1.92. The molecule has 2 heterocycles. The molecule has 0 atom stereocenters. The minimum Gasteiger partial charge on any atom is -0.302 e. The summed E-state index contributed by atoms with van der Waals surface area (Å²) in [5.41, 5.74) is 2.78. The molecule has 0 aliphatic carbocycles. The highest BCUT2D eigenvalue weighted by molar-refractivity contribution is 4.79. The first kappa shape index (κ1) is 9.09. The van der Waals surface area contributed by atoms with Crippen molar-refractivity contribution in [3.05, 3.63) is 24.5 Å². The molecule has 0 spiro atoms. The van der Waals surface area contributed by atoms with Gasteiger partial charge in [-0.15, -0.1) is 0 Å². The maximum Gasteiger partial charge on any atom is 0.0682 e. The Morgan fingerprint density at radius 3 is 2.00 bits per heavy atom. The van der Waals surface area contributed by atoms with Crippen LogP contribution in [0.25, 0.3) is 0 Å². The number of aromatic nitrogens is 2. The second-order valence-electron chi connectivity index (χ2n) is 2.36. The van der Waals surface area contributed by atoms with E-state index in [0.717, 1.165) is 13.2 Å². The van der Waals surface area contributed by atoms with Crippen molar-refractivity contribution in [2.24, 2.45) is 0 Å². The molecule has 0 radical (unpaired) electrons. The second kappa shape index (κ2) is 6.69. The molecule has 1 saturated heterocycles. The first-order chi connectivity index (χ1) is 6.00. The van der Waals surface area contributed by atoms with Gasteiger partial charge in [-0.1, -0.05) is 0 Å². The summed E-state index contributed by atoms with van der Waals surface area (Å²) in [5, 5.41) is 7.07. The van der Waals surface area contributed by atoms with E-state index >= 15 is 0 Å². The predicted molar refractivity (Wildman–Crippen MR) is 45.2 cm³/mol. The first-order valence-corrected chi connectivity index (χ1v) is 4.06. The van der Waals surface area contributed by atoms with Crippen LogP contribution in [0.2, 0.25) is 0 Å². The predicted octanol–water partition coefficient (Wildman–Crippen LogP) is 0.778. The number of hydrogen-bond acceptors (Lipinski definition) is 4. The molecule has 1 aromatic heterocycles. The molecule has 1 N–H and O–H groups in total. The lowest BCUT2D eigenvalue weighted by atomic mass is 10.3. The molecule has 0 bridgehead atoms. The molecule has 1 aromatic rings. The lowest BCUT2D eigenvalue weighted by Crippen LogP contribution is -2.22. The average molecular weight is 167 g/mol. The molecular formula is C8H13N3O. The minimum atomic E-state index is 0.889. The summed E-state index contributed by atoms with van der Waals surface area (Å²) in [4.78, 5) is 4.82. The van der Waals surface area contributed by atoms with Crippen LogP contribution >= 0.6 is 0 Å². The van der Waals surface area contributed by atoms with Gasteiger partial charge < -0.3 is 4.84 Å². The third-order valence-electron chi connectivity index (χ3n) is 1.36. The van der Waals surface area contributed by atoms with E-state index in [2.05, 4.69) is 15.7 Å². The summed E-state index contributed by atoms with van der Waals surface area (Å²) in [7, 11) is 0. The van der Waals surface area contributed by atoms with Gasteiger partial charge in [0.05, 0.1) is 6.61 Å². The summed E-state index contributed by atoms with van der Waals surface area (Å²) in [6.07, 6.45) is 5.76. The van der Waals surface area contributed by atoms with Crippen LogP contribution in [-0.2, 0) is 4.84 Å². The summed E-state index contributed by atoms with van der Waals surface area (Å²) in [5.74, 6) is 0. The van der Waals surface area contributed by atoms with Crippen molar-refractivity contribution in [3.8, 4) is 0 Å². The smallest absolute Gasteiger partial charge is 0.0682 e. The molecule has 0 unspecified atom stereocenters. The van der Waals surface area contributed by atoms with Gasteiger partial charge >= 0.3 is 0 Å². The Hall–Kier alpha value is -1.00. The monoisotopic (exact) mass is 167 g/mol. The molecule has 1 fully saturated rings. The third kappa shape index (κ3) is 4.76. The molecule has 0 saturated carbocycles. The average Bonchev–Trinajstić information content (AvgIpc) is 2.24. The van der Waals surface area contributed by atoms with Crippen molar-refractivity contribution < 1.29 is 4.84 Å². The van der Waals surface area contributed by atoms with Crippen LogP contribution in [0.3, 0.4) is 0 Å². The molecule has 4 heteroatoms. The van der Waals surface area contributed by atoms with Crippen LogP contribution in [-0.4, -0.2) is 23.3 Å². The minimum absolute atomic E-state index is 0.889. The van der Waals surface area contributed by atoms with Crippen LogP contribution in [0.5, 0.6) is 0 Å². The van der Waals surface area contributed by atoms with Gasteiger partial charge in [-0.3, -0.25) is 0 Å². The molecule has 66 valence electrons. The van der Waals surface area contributed by atoms with E-state index in [1.54, 1.807) is 12.4 Å². The number of hydroxylamine groups is 1. The normalized spacial score (nSPS) is 16.0. The summed E-state index contributed by atoms with van der Waals surface area (Å²) in [6, 6.07) is 3.65. The van der Waals surface area contributed by atoms with Gasteiger partial charge in [0.1, 0.15) is 0 Å². The quantitative estimate of drug-likeness (QED) is 0.620. The van der Waals surface area contributed by atoms with Crippen molar-refractivity contribution in [2.45, 2.75) is 12.8 Å². The van der Waals surface area contributed by atoms with Crippen LogP contribution in [0, 0.1) is 0 Å². The van der Waals surface area contributed by atoms with Crippen molar-refractivity contribution in [3.63, 3.8) is 0 Å². The van der Waals surface area contributed by atoms with Gasteiger partial charge in [0.15, 0.2) is 0 Å². The van der Waals surface area contributed by atoms with E-state index < -0.39 is 0 Å². The van der Waals surface area contributed by atoms with Gasteiger partial charge in [-0.05, 0) is 25.0 Å². The van der Waals surface area contributed by atoms with E-state index in [-0.39, 0.29) is 0 Å². The van der Waals surface area contributed by atoms with Crippen LogP contribution in [0.1, 0.15) is 12.8 Å². The van der Waals surface area contributed by atoms with E-state index in [9.17, 15) is 0 Å². The SMILES string of the molecule is C1CCONC1.c1ccnnc1. The highest BCUT2D eigenvalue weighted by atomic mass is 16.6. The lowest BCUT2D eigenvalue weighted by Gasteiger charge is -2.09. The van der Waals surface area contributed by atoms with Gasteiger partial charge in [0.2, 0.25) is 0 Å². The van der Waals surface area contributed by atoms with E-state index in [0.29, 0.717) is 0 Å². The maximum absolute atomic E-state index is 4.82. The Kier molecular flexibility index (Phi) is 5.07.